The number of benzene rings is 3. The fraction of sp³-hybridized carbons (Fsp3) is 0.0476. The van der Waals surface area contributed by atoms with Crippen molar-refractivity contribution in [2.75, 3.05) is 0 Å². The number of ether oxygens (including phenoxy) is 1. The number of aryl methyl sites for hydroxylation is 1. The van der Waals surface area contributed by atoms with E-state index in [4.69, 9.17) is 4.74 Å². The highest BCUT2D eigenvalue weighted by Crippen LogP contribution is 2.28. The van der Waals surface area contributed by atoms with Gasteiger partial charge in [0, 0.05) is 5.56 Å². The van der Waals surface area contributed by atoms with Gasteiger partial charge in [-0.05, 0) is 31.2 Å². The molecule has 0 saturated carbocycles. The Hall–Kier alpha value is -3.40. The first-order valence-corrected chi connectivity index (χ1v) is 8.11. The van der Waals surface area contributed by atoms with Crippen LogP contribution in [0.4, 0.5) is 0 Å². The molecule has 25 heavy (non-hydrogen) atoms. The van der Waals surface area contributed by atoms with Crippen LogP contribution in [-0.2, 0) is 0 Å². The summed E-state index contributed by atoms with van der Waals surface area (Å²) in [5, 5.41) is 8.55. The van der Waals surface area contributed by atoms with Gasteiger partial charge in [-0.2, -0.15) is 0 Å². The summed E-state index contributed by atoms with van der Waals surface area (Å²) in [7, 11) is 0. The molecular formula is C21H17N3O. The number of hydrogen-bond donors (Lipinski definition) is 0. The maximum Gasteiger partial charge on any atom is 0.153 e. The zero-order chi connectivity index (χ0) is 17.1. The summed E-state index contributed by atoms with van der Waals surface area (Å²) in [6.07, 6.45) is 1.91. The minimum atomic E-state index is 0.732. The van der Waals surface area contributed by atoms with Crippen molar-refractivity contribution in [2.24, 2.45) is 0 Å². The molecule has 4 aromatic rings. The summed E-state index contributed by atoms with van der Waals surface area (Å²) in [5.74, 6) is 1.53. The molecule has 0 bridgehead atoms. The minimum Gasteiger partial charge on any atom is -0.455 e. The molecule has 1 aromatic heterocycles. The van der Waals surface area contributed by atoms with Crippen molar-refractivity contribution in [1.29, 1.82) is 0 Å². The molecule has 0 aliphatic carbocycles. The van der Waals surface area contributed by atoms with E-state index in [1.807, 2.05) is 85.1 Å². The van der Waals surface area contributed by atoms with Crippen LogP contribution in [0.1, 0.15) is 5.56 Å². The van der Waals surface area contributed by atoms with Gasteiger partial charge in [0.15, 0.2) is 5.75 Å². The van der Waals surface area contributed by atoms with E-state index in [9.17, 15) is 0 Å². The zero-order valence-electron chi connectivity index (χ0n) is 13.8. The van der Waals surface area contributed by atoms with Crippen LogP contribution in [0.3, 0.4) is 0 Å². The van der Waals surface area contributed by atoms with Gasteiger partial charge in [0.1, 0.15) is 17.1 Å². The van der Waals surface area contributed by atoms with Gasteiger partial charge in [-0.25, -0.2) is 4.68 Å². The molecule has 0 N–H and O–H groups in total. The summed E-state index contributed by atoms with van der Waals surface area (Å²) in [5.41, 5.74) is 3.90. The quantitative estimate of drug-likeness (QED) is 0.527. The van der Waals surface area contributed by atoms with Crippen LogP contribution in [0.15, 0.2) is 85.1 Å². The average molecular weight is 327 g/mol. The molecule has 3 aromatic carbocycles. The van der Waals surface area contributed by atoms with Gasteiger partial charge in [-0.1, -0.05) is 65.4 Å². The molecule has 0 fully saturated rings. The molecule has 0 aliphatic rings. The molecule has 0 unspecified atom stereocenters. The van der Waals surface area contributed by atoms with E-state index in [0.29, 0.717) is 0 Å². The Balaban J connectivity index is 1.67. The lowest BCUT2D eigenvalue weighted by atomic mass is 10.2. The highest BCUT2D eigenvalue weighted by atomic mass is 16.5. The molecule has 4 heteroatoms. The SMILES string of the molecule is Cc1ccc(Oc2ccccc2-n2cc(-c3ccccc3)nn2)cc1. The lowest BCUT2D eigenvalue weighted by Crippen LogP contribution is -1.98. The second-order valence-electron chi connectivity index (χ2n) is 5.80. The van der Waals surface area contributed by atoms with Gasteiger partial charge in [-0.3, -0.25) is 0 Å². The highest BCUT2D eigenvalue weighted by molar-refractivity contribution is 5.58. The number of aromatic nitrogens is 3. The third kappa shape index (κ3) is 3.28. The summed E-state index contributed by atoms with van der Waals surface area (Å²) in [6.45, 7) is 2.05. The van der Waals surface area contributed by atoms with Crippen LogP contribution in [0.2, 0.25) is 0 Å². The van der Waals surface area contributed by atoms with E-state index in [1.165, 1.54) is 5.56 Å². The van der Waals surface area contributed by atoms with Crippen LogP contribution >= 0.6 is 0 Å². The van der Waals surface area contributed by atoms with Crippen molar-refractivity contribution in [3.8, 4) is 28.4 Å². The van der Waals surface area contributed by atoms with Crippen molar-refractivity contribution in [1.82, 2.24) is 15.0 Å². The van der Waals surface area contributed by atoms with Crippen molar-refractivity contribution < 1.29 is 4.74 Å². The minimum absolute atomic E-state index is 0.732. The third-order valence-electron chi connectivity index (χ3n) is 3.92. The Kier molecular flexibility index (Phi) is 4.01. The van der Waals surface area contributed by atoms with E-state index in [2.05, 4.69) is 17.2 Å². The smallest absolute Gasteiger partial charge is 0.153 e. The second-order valence-corrected chi connectivity index (χ2v) is 5.80. The van der Waals surface area contributed by atoms with E-state index in [-0.39, 0.29) is 0 Å². The van der Waals surface area contributed by atoms with Crippen molar-refractivity contribution in [3.05, 3.63) is 90.6 Å². The van der Waals surface area contributed by atoms with Crippen LogP contribution in [0, 0.1) is 6.92 Å². The fourth-order valence-electron chi connectivity index (χ4n) is 2.59. The molecule has 4 rings (SSSR count). The Morgan fingerprint density at radius 2 is 1.52 bits per heavy atom. The molecule has 0 atom stereocenters. The maximum atomic E-state index is 6.05. The van der Waals surface area contributed by atoms with Gasteiger partial charge in [-0.15, -0.1) is 5.10 Å². The summed E-state index contributed by atoms with van der Waals surface area (Å²) < 4.78 is 7.79. The van der Waals surface area contributed by atoms with Gasteiger partial charge < -0.3 is 4.74 Å². The number of para-hydroxylation sites is 2. The normalized spacial score (nSPS) is 10.6. The molecule has 0 saturated heterocycles. The van der Waals surface area contributed by atoms with Crippen LogP contribution < -0.4 is 4.74 Å². The standard InChI is InChI=1S/C21H17N3O/c1-16-11-13-18(14-12-16)25-21-10-6-5-9-20(21)24-15-19(22-23-24)17-7-3-2-4-8-17/h2-15H,1H3. The second kappa shape index (κ2) is 6.61. The first-order valence-electron chi connectivity index (χ1n) is 8.11. The van der Waals surface area contributed by atoms with Crippen molar-refractivity contribution in [2.45, 2.75) is 6.92 Å². The van der Waals surface area contributed by atoms with Crippen LogP contribution in [-0.4, -0.2) is 15.0 Å². The molecule has 0 aliphatic heterocycles. The predicted molar refractivity (Wildman–Crippen MR) is 98.0 cm³/mol. The van der Waals surface area contributed by atoms with E-state index >= 15 is 0 Å². The fourth-order valence-corrected chi connectivity index (χ4v) is 2.59. The predicted octanol–water partition coefficient (Wildman–Crippen LogP) is 5.04. The van der Waals surface area contributed by atoms with Crippen LogP contribution in [0.5, 0.6) is 11.5 Å². The summed E-state index contributed by atoms with van der Waals surface area (Å²) >= 11 is 0. The Bertz CT molecular complexity index is 975. The van der Waals surface area contributed by atoms with E-state index in [0.717, 1.165) is 28.4 Å². The molecular weight excluding hydrogens is 310 g/mol. The Labute approximate surface area is 146 Å². The molecule has 0 spiro atoms. The average Bonchev–Trinajstić information content (AvgIpc) is 3.15. The molecule has 122 valence electrons. The van der Waals surface area contributed by atoms with Gasteiger partial charge in [0.2, 0.25) is 0 Å². The number of hydrogen-bond acceptors (Lipinski definition) is 3. The van der Waals surface area contributed by atoms with Crippen molar-refractivity contribution in [3.63, 3.8) is 0 Å². The molecule has 4 nitrogen and oxygen atoms in total. The summed E-state index contributed by atoms with van der Waals surface area (Å²) in [4.78, 5) is 0. The van der Waals surface area contributed by atoms with Gasteiger partial charge in [0.05, 0.1) is 6.20 Å². The number of nitrogens with zero attached hydrogens (tertiary/aromatic N) is 3. The first-order chi connectivity index (χ1) is 12.3. The van der Waals surface area contributed by atoms with Gasteiger partial charge in [0.25, 0.3) is 0 Å². The molecule has 0 amide bonds. The molecule has 1 heterocycles. The summed E-state index contributed by atoms with van der Waals surface area (Å²) in [6, 6.07) is 25.8. The topological polar surface area (TPSA) is 39.9 Å². The lowest BCUT2D eigenvalue weighted by Gasteiger charge is -2.10. The zero-order valence-corrected chi connectivity index (χ0v) is 13.8. The first kappa shape index (κ1) is 15.1. The van der Waals surface area contributed by atoms with E-state index < -0.39 is 0 Å². The largest absolute Gasteiger partial charge is 0.455 e. The molecule has 0 radical (unpaired) electrons. The Morgan fingerprint density at radius 1 is 0.800 bits per heavy atom. The van der Waals surface area contributed by atoms with Gasteiger partial charge >= 0.3 is 0 Å². The maximum absolute atomic E-state index is 6.05. The lowest BCUT2D eigenvalue weighted by molar-refractivity contribution is 0.477. The number of rotatable bonds is 4. The van der Waals surface area contributed by atoms with E-state index in [1.54, 1.807) is 4.68 Å². The monoisotopic (exact) mass is 327 g/mol. The Morgan fingerprint density at radius 3 is 2.32 bits per heavy atom. The highest BCUT2D eigenvalue weighted by Gasteiger charge is 2.10. The van der Waals surface area contributed by atoms with Crippen molar-refractivity contribution >= 4 is 0 Å². The third-order valence-corrected chi connectivity index (χ3v) is 3.92. The van der Waals surface area contributed by atoms with Crippen LogP contribution in [0.25, 0.3) is 16.9 Å².